The molecule has 0 spiro atoms. The van der Waals surface area contributed by atoms with Crippen LogP contribution in [0.3, 0.4) is 0 Å². The van der Waals surface area contributed by atoms with Crippen LogP contribution in [0.25, 0.3) is 0 Å². The fraction of sp³-hybridized carbons (Fsp3) is 0.500. The van der Waals surface area contributed by atoms with E-state index in [9.17, 15) is 9.90 Å². The lowest BCUT2D eigenvalue weighted by molar-refractivity contribution is 0.0332. The summed E-state index contributed by atoms with van der Waals surface area (Å²) in [6.45, 7) is 1.28. The van der Waals surface area contributed by atoms with E-state index in [0.717, 1.165) is 24.0 Å². The molecular formula is C14H19NO3. The lowest BCUT2D eigenvalue weighted by atomic mass is 10.0. The van der Waals surface area contributed by atoms with E-state index in [1.807, 2.05) is 24.3 Å². The molecule has 0 saturated carbocycles. The third-order valence-electron chi connectivity index (χ3n) is 3.20. The maximum atomic E-state index is 12.4. The van der Waals surface area contributed by atoms with Crippen LogP contribution in [0.4, 0.5) is 0 Å². The zero-order chi connectivity index (χ0) is 13.0. The molecule has 0 aromatic heterocycles. The highest BCUT2D eigenvalue weighted by molar-refractivity contribution is 5.96. The summed E-state index contributed by atoms with van der Waals surface area (Å²) in [5, 5.41) is 9.74. The molecule has 4 nitrogen and oxygen atoms in total. The highest BCUT2D eigenvalue weighted by Gasteiger charge is 2.23. The lowest BCUT2D eigenvalue weighted by Crippen LogP contribution is -2.39. The number of aryl methyl sites for hydroxylation is 1. The van der Waals surface area contributed by atoms with Gasteiger partial charge in [-0.3, -0.25) is 4.79 Å². The Morgan fingerprint density at radius 1 is 1.44 bits per heavy atom. The highest BCUT2D eigenvalue weighted by atomic mass is 16.5. The Labute approximate surface area is 107 Å². The first-order valence-electron chi connectivity index (χ1n) is 6.26. The SMILES string of the molecule is COCC(O)CN1CCCc2ccccc2C1=O. The number of β-amino-alcohol motifs (C(OH)–C–C–N with tert-alkyl or cyclic N) is 1. The van der Waals surface area contributed by atoms with Crippen LogP contribution in [0.2, 0.25) is 0 Å². The summed E-state index contributed by atoms with van der Waals surface area (Å²) >= 11 is 0. The van der Waals surface area contributed by atoms with Crippen LogP contribution in [-0.4, -0.2) is 48.8 Å². The first kappa shape index (κ1) is 13.1. The van der Waals surface area contributed by atoms with Crippen molar-refractivity contribution in [2.24, 2.45) is 0 Å². The fourth-order valence-electron chi connectivity index (χ4n) is 2.35. The fourth-order valence-corrected chi connectivity index (χ4v) is 2.35. The van der Waals surface area contributed by atoms with Crippen molar-refractivity contribution in [3.63, 3.8) is 0 Å². The van der Waals surface area contributed by atoms with Crippen LogP contribution in [0.15, 0.2) is 24.3 Å². The molecular weight excluding hydrogens is 230 g/mol. The Hall–Kier alpha value is -1.39. The molecule has 1 unspecified atom stereocenters. The average molecular weight is 249 g/mol. The third kappa shape index (κ3) is 2.89. The number of aliphatic hydroxyl groups excluding tert-OH is 1. The van der Waals surface area contributed by atoms with Gasteiger partial charge in [0.05, 0.1) is 12.7 Å². The van der Waals surface area contributed by atoms with E-state index in [2.05, 4.69) is 0 Å². The van der Waals surface area contributed by atoms with Crippen molar-refractivity contribution in [3.8, 4) is 0 Å². The Kier molecular flexibility index (Phi) is 4.33. The number of carbonyl (C=O) groups is 1. The summed E-state index contributed by atoms with van der Waals surface area (Å²) in [6, 6.07) is 7.70. The smallest absolute Gasteiger partial charge is 0.254 e. The molecule has 18 heavy (non-hydrogen) atoms. The molecule has 1 atom stereocenters. The van der Waals surface area contributed by atoms with Gasteiger partial charge in [0, 0.05) is 25.8 Å². The molecule has 1 aliphatic rings. The number of methoxy groups -OCH3 is 1. The molecule has 1 heterocycles. The van der Waals surface area contributed by atoms with E-state index >= 15 is 0 Å². The number of rotatable bonds is 4. The zero-order valence-electron chi connectivity index (χ0n) is 10.6. The standard InChI is InChI=1S/C14H19NO3/c1-18-10-12(16)9-15-8-4-6-11-5-2-3-7-13(11)14(15)17/h2-3,5,7,12,16H,4,6,8-10H2,1H3. The van der Waals surface area contributed by atoms with E-state index in [0.29, 0.717) is 13.1 Å². The van der Waals surface area contributed by atoms with E-state index in [1.54, 1.807) is 12.0 Å². The van der Waals surface area contributed by atoms with Crippen molar-refractivity contribution in [1.82, 2.24) is 4.90 Å². The van der Waals surface area contributed by atoms with Gasteiger partial charge in [-0.2, -0.15) is 0 Å². The second-order valence-electron chi connectivity index (χ2n) is 4.62. The van der Waals surface area contributed by atoms with Gasteiger partial charge in [0.2, 0.25) is 0 Å². The molecule has 1 amide bonds. The summed E-state index contributed by atoms with van der Waals surface area (Å²) in [5.74, 6) is 0.0123. The molecule has 1 aromatic carbocycles. The van der Waals surface area contributed by atoms with Crippen molar-refractivity contribution in [2.45, 2.75) is 18.9 Å². The Bertz CT molecular complexity index is 419. The van der Waals surface area contributed by atoms with Gasteiger partial charge in [0.15, 0.2) is 0 Å². The second kappa shape index (κ2) is 5.98. The van der Waals surface area contributed by atoms with Gasteiger partial charge in [-0.05, 0) is 24.5 Å². The highest BCUT2D eigenvalue weighted by Crippen LogP contribution is 2.18. The Morgan fingerprint density at radius 2 is 2.22 bits per heavy atom. The quantitative estimate of drug-likeness (QED) is 0.868. The summed E-state index contributed by atoms with van der Waals surface area (Å²) in [7, 11) is 1.54. The molecule has 2 rings (SSSR count). The van der Waals surface area contributed by atoms with Crippen molar-refractivity contribution in [3.05, 3.63) is 35.4 Å². The summed E-state index contributed by atoms with van der Waals surface area (Å²) in [5.41, 5.74) is 1.87. The van der Waals surface area contributed by atoms with Gasteiger partial charge >= 0.3 is 0 Å². The summed E-state index contributed by atoms with van der Waals surface area (Å²) in [6.07, 6.45) is 1.23. The Balaban J connectivity index is 2.12. The van der Waals surface area contributed by atoms with Crippen LogP contribution in [0.5, 0.6) is 0 Å². The minimum atomic E-state index is -0.621. The number of nitrogens with zero attached hydrogens (tertiary/aromatic N) is 1. The molecule has 1 N–H and O–H groups in total. The van der Waals surface area contributed by atoms with Crippen molar-refractivity contribution < 1.29 is 14.6 Å². The molecule has 4 heteroatoms. The average Bonchev–Trinajstić information content (AvgIpc) is 2.51. The van der Waals surface area contributed by atoms with Crippen LogP contribution >= 0.6 is 0 Å². The summed E-state index contributed by atoms with van der Waals surface area (Å²) < 4.78 is 4.89. The lowest BCUT2D eigenvalue weighted by Gasteiger charge is -2.23. The molecule has 1 aliphatic heterocycles. The number of aliphatic hydroxyl groups is 1. The van der Waals surface area contributed by atoms with E-state index in [1.165, 1.54) is 0 Å². The second-order valence-corrected chi connectivity index (χ2v) is 4.62. The predicted molar refractivity (Wildman–Crippen MR) is 68.5 cm³/mol. The van der Waals surface area contributed by atoms with Gasteiger partial charge in [0.25, 0.3) is 5.91 Å². The molecule has 0 bridgehead atoms. The first-order chi connectivity index (χ1) is 8.72. The van der Waals surface area contributed by atoms with Gasteiger partial charge in [-0.15, -0.1) is 0 Å². The third-order valence-corrected chi connectivity index (χ3v) is 3.20. The zero-order valence-corrected chi connectivity index (χ0v) is 10.6. The topological polar surface area (TPSA) is 49.8 Å². The Morgan fingerprint density at radius 3 is 3.00 bits per heavy atom. The maximum absolute atomic E-state index is 12.4. The largest absolute Gasteiger partial charge is 0.389 e. The first-order valence-corrected chi connectivity index (χ1v) is 6.26. The number of ether oxygens (including phenoxy) is 1. The van der Waals surface area contributed by atoms with Gasteiger partial charge in [0.1, 0.15) is 0 Å². The molecule has 98 valence electrons. The van der Waals surface area contributed by atoms with E-state index < -0.39 is 6.10 Å². The van der Waals surface area contributed by atoms with Crippen LogP contribution in [0, 0.1) is 0 Å². The van der Waals surface area contributed by atoms with Gasteiger partial charge in [-0.1, -0.05) is 18.2 Å². The van der Waals surface area contributed by atoms with Gasteiger partial charge in [-0.25, -0.2) is 0 Å². The van der Waals surface area contributed by atoms with E-state index in [-0.39, 0.29) is 12.5 Å². The number of amides is 1. The summed E-state index contributed by atoms with van der Waals surface area (Å²) in [4.78, 5) is 14.1. The number of hydrogen-bond donors (Lipinski definition) is 1. The van der Waals surface area contributed by atoms with Crippen LogP contribution < -0.4 is 0 Å². The molecule has 0 aliphatic carbocycles. The maximum Gasteiger partial charge on any atom is 0.254 e. The number of carbonyl (C=O) groups excluding carboxylic acids is 1. The number of benzene rings is 1. The van der Waals surface area contributed by atoms with Crippen molar-refractivity contribution in [2.75, 3.05) is 26.8 Å². The molecule has 0 fully saturated rings. The van der Waals surface area contributed by atoms with E-state index in [4.69, 9.17) is 4.74 Å². The minimum absolute atomic E-state index is 0.0123. The molecule has 0 radical (unpaired) electrons. The monoisotopic (exact) mass is 249 g/mol. The van der Waals surface area contributed by atoms with Crippen LogP contribution in [-0.2, 0) is 11.2 Å². The molecule has 1 aromatic rings. The predicted octanol–water partition coefficient (Wildman–Crippen LogP) is 1.08. The molecule has 0 saturated heterocycles. The van der Waals surface area contributed by atoms with Gasteiger partial charge < -0.3 is 14.7 Å². The number of fused-ring (bicyclic) bond motifs is 1. The normalized spacial score (nSPS) is 17.2. The van der Waals surface area contributed by atoms with Crippen molar-refractivity contribution >= 4 is 5.91 Å². The van der Waals surface area contributed by atoms with Crippen molar-refractivity contribution in [1.29, 1.82) is 0 Å². The number of hydrogen-bond acceptors (Lipinski definition) is 3. The minimum Gasteiger partial charge on any atom is -0.389 e. The van der Waals surface area contributed by atoms with Crippen LogP contribution in [0.1, 0.15) is 22.3 Å².